The lowest BCUT2D eigenvalue weighted by molar-refractivity contribution is -0.154. The lowest BCUT2D eigenvalue weighted by atomic mass is 9.93. The summed E-state index contributed by atoms with van der Waals surface area (Å²) in [6.07, 6.45) is 0.707. The lowest BCUT2D eigenvalue weighted by Crippen LogP contribution is -2.59. The summed E-state index contributed by atoms with van der Waals surface area (Å²) in [5.41, 5.74) is -0.696. The minimum Gasteiger partial charge on any atom is -0.480 e. The van der Waals surface area contributed by atoms with E-state index in [9.17, 15) is 9.90 Å². The van der Waals surface area contributed by atoms with E-state index < -0.39 is 11.5 Å². The van der Waals surface area contributed by atoms with Crippen LogP contribution >= 0.6 is 0 Å². The number of likely N-dealkylation sites (N-methyl/N-ethyl adjacent to an activating group) is 1. The van der Waals surface area contributed by atoms with Crippen molar-refractivity contribution in [2.24, 2.45) is 0 Å². The van der Waals surface area contributed by atoms with Gasteiger partial charge in [0.15, 0.2) is 0 Å². The number of rotatable bonds is 2. The molecule has 0 aromatic heterocycles. The predicted molar refractivity (Wildman–Crippen MR) is 59.5 cm³/mol. The van der Waals surface area contributed by atoms with Gasteiger partial charge in [0.2, 0.25) is 0 Å². The number of carboxylic acid groups (broad SMARTS) is 1. The van der Waals surface area contributed by atoms with Crippen LogP contribution in [0.3, 0.4) is 0 Å². The highest BCUT2D eigenvalue weighted by Crippen LogP contribution is 2.32. The molecule has 0 amide bonds. The second-order valence-corrected chi connectivity index (χ2v) is 4.90. The van der Waals surface area contributed by atoms with Crippen LogP contribution in [0.15, 0.2) is 0 Å². The average molecular weight is 228 g/mol. The van der Waals surface area contributed by atoms with Crippen molar-refractivity contribution in [2.75, 3.05) is 39.9 Å². The molecule has 5 nitrogen and oxygen atoms in total. The Morgan fingerprint density at radius 1 is 1.44 bits per heavy atom. The van der Waals surface area contributed by atoms with E-state index in [1.54, 1.807) is 0 Å². The van der Waals surface area contributed by atoms with Gasteiger partial charge in [-0.1, -0.05) is 0 Å². The maximum atomic E-state index is 11.6. The zero-order valence-corrected chi connectivity index (χ0v) is 9.98. The number of carboxylic acids is 1. The van der Waals surface area contributed by atoms with Gasteiger partial charge in [-0.25, -0.2) is 0 Å². The topological polar surface area (TPSA) is 53.0 Å². The summed E-state index contributed by atoms with van der Waals surface area (Å²) in [6.45, 7) is 5.45. The SMILES string of the molecule is CC1CC(C(=O)O)(N2CCOCC2)CN1C. The number of hydrogen-bond donors (Lipinski definition) is 1. The number of ether oxygens (including phenoxy) is 1. The number of likely N-dealkylation sites (tertiary alicyclic amines) is 1. The van der Waals surface area contributed by atoms with E-state index in [1.807, 2.05) is 7.05 Å². The van der Waals surface area contributed by atoms with E-state index in [0.717, 1.165) is 13.1 Å². The van der Waals surface area contributed by atoms with Gasteiger partial charge >= 0.3 is 5.97 Å². The fourth-order valence-electron chi connectivity index (χ4n) is 2.79. The quantitative estimate of drug-likeness (QED) is 0.713. The fraction of sp³-hybridized carbons (Fsp3) is 0.909. The highest BCUT2D eigenvalue weighted by Gasteiger charge is 2.51. The Labute approximate surface area is 96.0 Å². The second-order valence-electron chi connectivity index (χ2n) is 4.90. The summed E-state index contributed by atoms with van der Waals surface area (Å²) in [4.78, 5) is 15.8. The predicted octanol–water partition coefficient (Wildman–Crippen LogP) is -0.134. The van der Waals surface area contributed by atoms with Crippen molar-refractivity contribution in [3.8, 4) is 0 Å². The van der Waals surface area contributed by atoms with Gasteiger partial charge in [0.25, 0.3) is 0 Å². The van der Waals surface area contributed by atoms with Gasteiger partial charge in [0, 0.05) is 25.7 Å². The molecule has 2 heterocycles. The molecule has 92 valence electrons. The van der Waals surface area contributed by atoms with Gasteiger partial charge in [-0.2, -0.15) is 0 Å². The van der Waals surface area contributed by atoms with Crippen LogP contribution in [0.2, 0.25) is 0 Å². The molecule has 2 unspecified atom stereocenters. The largest absolute Gasteiger partial charge is 0.480 e. The Hall–Kier alpha value is -0.650. The third kappa shape index (κ3) is 1.83. The Morgan fingerprint density at radius 3 is 2.50 bits per heavy atom. The number of aliphatic carboxylic acids is 1. The first-order chi connectivity index (χ1) is 7.56. The zero-order chi connectivity index (χ0) is 11.8. The van der Waals surface area contributed by atoms with Crippen molar-refractivity contribution >= 4 is 5.97 Å². The second kappa shape index (κ2) is 4.31. The summed E-state index contributed by atoms with van der Waals surface area (Å²) in [6, 6.07) is 0.332. The minimum absolute atomic E-state index is 0.332. The molecule has 0 aromatic rings. The third-order valence-electron chi connectivity index (χ3n) is 3.91. The van der Waals surface area contributed by atoms with Crippen LogP contribution in [0, 0.1) is 0 Å². The molecule has 2 aliphatic rings. The van der Waals surface area contributed by atoms with Crippen LogP contribution in [0.25, 0.3) is 0 Å². The van der Waals surface area contributed by atoms with Crippen LogP contribution in [0.1, 0.15) is 13.3 Å². The number of carbonyl (C=O) groups is 1. The Morgan fingerprint density at radius 2 is 2.06 bits per heavy atom. The molecule has 2 atom stereocenters. The summed E-state index contributed by atoms with van der Waals surface area (Å²) >= 11 is 0. The van der Waals surface area contributed by atoms with E-state index >= 15 is 0 Å². The van der Waals surface area contributed by atoms with Gasteiger partial charge < -0.3 is 14.7 Å². The Balaban J connectivity index is 2.19. The molecule has 0 bridgehead atoms. The standard InChI is InChI=1S/C11H20N2O3/c1-9-7-11(10(14)15,8-12(9)2)13-3-5-16-6-4-13/h9H,3-8H2,1-2H3,(H,14,15). The van der Waals surface area contributed by atoms with Gasteiger partial charge in [-0.15, -0.1) is 0 Å². The molecule has 1 N–H and O–H groups in total. The summed E-state index contributed by atoms with van der Waals surface area (Å²) in [7, 11) is 2.00. The Kier molecular flexibility index (Phi) is 3.19. The van der Waals surface area contributed by atoms with Crippen molar-refractivity contribution < 1.29 is 14.6 Å². The maximum Gasteiger partial charge on any atom is 0.325 e. The molecule has 2 saturated heterocycles. The third-order valence-corrected chi connectivity index (χ3v) is 3.91. The van der Waals surface area contributed by atoms with E-state index in [1.165, 1.54) is 0 Å². The first-order valence-electron chi connectivity index (χ1n) is 5.83. The lowest BCUT2D eigenvalue weighted by Gasteiger charge is -2.39. The zero-order valence-electron chi connectivity index (χ0n) is 9.98. The van der Waals surface area contributed by atoms with Crippen LogP contribution in [0.4, 0.5) is 0 Å². The monoisotopic (exact) mass is 228 g/mol. The fourth-order valence-corrected chi connectivity index (χ4v) is 2.79. The van der Waals surface area contributed by atoms with Crippen LogP contribution in [-0.4, -0.2) is 72.4 Å². The molecule has 0 spiro atoms. The van der Waals surface area contributed by atoms with Gasteiger partial charge in [0.1, 0.15) is 5.54 Å². The van der Waals surface area contributed by atoms with Gasteiger partial charge in [-0.3, -0.25) is 9.69 Å². The van der Waals surface area contributed by atoms with E-state index in [-0.39, 0.29) is 0 Å². The van der Waals surface area contributed by atoms with Crippen molar-refractivity contribution in [1.82, 2.24) is 9.80 Å². The summed E-state index contributed by atoms with van der Waals surface area (Å²) < 4.78 is 5.29. The van der Waals surface area contributed by atoms with Crippen LogP contribution < -0.4 is 0 Å². The highest BCUT2D eigenvalue weighted by atomic mass is 16.5. The molecule has 0 aliphatic carbocycles. The number of nitrogens with zero attached hydrogens (tertiary/aromatic N) is 2. The summed E-state index contributed by atoms with van der Waals surface area (Å²) in [5.74, 6) is -0.689. The normalized spacial score (nSPS) is 37.8. The molecule has 0 saturated carbocycles. The molecule has 2 rings (SSSR count). The Bertz CT molecular complexity index is 266. The average Bonchev–Trinajstić information content (AvgIpc) is 2.58. The molecule has 2 aliphatic heterocycles. The molecule has 0 radical (unpaired) electrons. The molecular weight excluding hydrogens is 208 g/mol. The summed E-state index contributed by atoms with van der Waals surface area (Å²) in [5, 5.41) is 9.54. The van der Waals surface area contributed by atoms with Crippen molar-refractivity contribution in [1.29, 1.82) is 0 Å². The molecule has 2 fully saturated rings. The highest BCUT2D eigenvalue weighted by molar-refractivity contribution is 5.80. The first kappa shape index (κ1) is 11.8. The van der Waals surface area contributed by atoms with E-state index in [0.29, 0.717) is 32.2 Å². The van der Waals surface area contributed by atoms with Crippen LogP contribution in [0.5, 0.6) is 0 Å². The van der Waals surface area contributed by atoms with Crippen molar-refractivity contribution in [3.63, 3.8) is 0 Å². The molecule has 5 heteroatoms. The van der Waals surface area contributed by atoms with Crippen molar-refractivity contribution in [3.05, 3.63) is 0 Å². The van der Waals surface area contributed by atoms with Gasteiger partial charge in [0.05, 0.1) is 13.2 Å². The van der Waals surface area contributed by atoms with E-state index in [2.05, 4.69) is 16.7 Å². The minimum atomic E-state index is -0.696. The molecule has 0 aromatic carbocycles. The van der Waals surface area contributed by atoms with E-state index in [4.69, 9.17) is 4.74 Å². The van der Waals surface area contributed by atoms with Crippen LogP contribution in [-0.2, 0) is 9.53 Å². The molecular formula is C11H20N2O3. The van der Waals surface area contributed by atoms with Gasteiger partial charge in [-0.05, 0) is 20.4 Å². The van der Waals surface area contributed by atoms with Crippen molar-refractivity contribution in [2.45, 2.75) is 24.9 Å². The maximum absolute atomic E-state index is 11.6. The first-order valence-corrected chi connectivity index (χ1v) is 5.83. The number of hydrogen-bond acceptors (Lipinski definition) is 4. The molecule has 16 heavy (non-hydrogen) atoms. The number of morpholine rings is 1. The smallest absolute Gasteiger partial charge is 0.325 e.